The maximum absolute atomic E-state index is 6.64. The van der Waals surface area contributed by atoms with E-state index < -0.39 is 8.88 Å². The molecule has 2 aliphatic carbocycles. The Kier molecular flexibility index (Phi) is 6.83. The van der Waals surface area contributed by atoms with E-state index in [0.717, 1.165) is 23.7 Å². The first-order valence-electron chi connectivity index (χ1n) is 12.6. The zero-order valence-electron chi connectivity index (χ0n) is 19.9. The molecule has 4 fully saturated rings. The second kappa shape index (κ2) is 8.89. The SMILES string of the molecule is CO[Si](OC)(N1C(C)CC(C)C2CCCCC21)N1C(C)CC(C)C2CCCCC21. The van der Waals surface area contributed by atoms with Crippen LogP contribution in [-0.2, 0) is 8.85 Å². The number of rotatable bonds is 4. The van der Waals surface area contributed by atoms with E-state index in [4.69, 9.17) is 8.85 Å². The average Bonchev–Trinajstić information content (AvgIpc) is 2.72. The number of hydrogen-bond acceptors (Lipinski definition) is 4. The van der Waals surface area contributed by atoms with Crippen LogP contribution in [0.2, 0.25) is 0 Å². The second-order valence-corrected chi connectivity index (χ2v) is 13.9. The third-order valence-corrected chi connectivity index (χ3v) is 13.2. The summed E-state index contributed by atoms with van der Waals surface area (Å²) in [5, 5.41) is 0. The Morgan fingerprint density at radius 1 is 0.621 bits per heavy atom. The van der Waals surface area contributed by atoms with Crippen molar-refractivity contribution < 1.29 is 8.85 Å². The van der Waals surface area contributed by atoms with Crippen molar-refractivity contribution in [2.24, 2.45) is 23.7 Å². The predicted octanol–water partition coefficient (Wildman–Crippen LogP) is 5.29. The van der Waals surface area contributed by atoms with Crippen LogP contribution in [0.25, 0.3) is 0 Å². The van der Waals surface area contributed by atoms with E-state index in [1.165, 1.54) is 64.2 Å². The normalized spacial score (nSPS) is 44.9. The van der Waals surface area contributed by atoms with E-state index in [0.29, 0.717) is 24.2 Å². The van der Waals surface area contributed by atoms with Gasteiger partial charge in [-0.2, -0.15) is 0 Å². The highest BCUT2D eigenvalue weighted by molar-refractivity contribution is 6.62. The molecule has 5 heteroatoms. The maximum Gasteiger partial charge on any atom is 0.522 e. The Morgan fingerprint density at radius 3 is 1.38 bits per heavy atom. The fraction of sp³-hybridized carbons (Fsp3) is 1.00. The van der Waals surface area contributed by atoms with Gasteiger partial charge in [-0.05, 0) is 76.0 Å². The van der Waals surface area contributed by atoms with Gasteiger partial charge in [0, 0.05) is 38.4 Å². The Labute approximate surface area is 181 Å². The number of hydrogen-bond donors (Lipinski definition) is 0. The van der Waals surface area contributed by atoms with Crippen LogP contribution in [0.5, 0.6) is 0 Å². The van der Waals surface area contributed by atoms with E-state index in [1.54, 1.807) is 0 Å². The van der Waals surface area contributed by atoms with E-state index in [1.807, 2.05) is 14.2 Å². The van der Waals surface area contributed by atoms with Crippen LogP contribution in [-0.4, -0.2) is 56.4 Å². The topological polar surface area (TPSA) is 24.9 Å². The molecule has 0 bridgehead atoms. The molecule has 4 rings (SSSR count). The summed E-state index contributed by atoms with van der Waals surface area (Å²) >= 11 is 0. The van der Waals surface area contributed by atoms with Crippen LogP contribution in [0.15, 0.2) is 0 Å². The lowest BCUT2D eigenvalue weighted by molar-refractivity contribution is -0.0607. The van der Waals surface area contributed by atoms with Crippen LogP contribution in [0, 0.1) is 23.7 Å². The lowest BCUT2D eigenvalue weighted by Gasteiger charge is -2.61. The van der Waals surface area contributed by atoms with Crippen molar-refractivity contribution in [2.75, 3.05) is 14.2 Å². The molecule has 8 unspecified atom stereocenters. The summed E-state index contributed by atoms with van der Waals surface area (Å²) in [6, 6.07) is 2.37. The van der Waals surface area contributed by atoms with Crippen LogP contribution < -0.4 is 0 Å². The highest BCUT2D eigenvalue weighted by Crippen LogP contribution is 2.48. The highest BCUT2D eigenvalue weighted by atomic mass is 28.4. The maximum atomic E-state index is 6.64. The van der Waals surface area contributed by atoms with Gasteiger partial charge in [-0.1, -0.05) is 39.5 Å². The third kappa shape index (κ3) is 3.67. The number of nitrogens with zero attached hydrogens (tertiary/aromatic N) is 2. The Balaban J connectivity index is 1.74. The molecule has 2 saturated carbocycles. The quantitative estimate of drug-likeness (QED) is 0.575. The van der Waals surface area contributed by atoms with Gasteiger partial charge in [0.1, 0.15) is 0 Å². The second-order valence-electron chi connectivity index (χ2n) is 10.9. The molecule has 2 heterocycles. The van der Waals surface area contributed by atoms with Crippen molar-refractivity contribution in [1.29, 1.82) is 0 Å². The smallest absolute Gasteiger partial charge is 0.374 e. The summed E-state index contributed by atoms with van der Waals surface area (Å²) in [5.41, 5.74) is 0. The van der Waals surface area contributed by atoms with Gasteiger partial charge in [-0.3, -0.25) is 9.13 Å². The predicted molar refractivity (Wildman–Crippen MR) is 121 cm³/mol. The summed E-state index contributed by atoms with van der Waals surface area (Å²) in [6.45, 7) is 9.91. The lowest BCUT2D eigenvalue weighted by Crippen LogP contribution is -2.80. The molecule has 0 radical (unpaired) electrons. The largest absolute Gasteiger partial charge is 0.522 e. The summed E-state index contributed by atoms with van der Waals surface area (Å²) in [7, 11) is 1.24. The number of piperidine rings is 2. The van der Waals surface area contributed by atoms with Crippen LogP contribution in [0.4, 0.5) is 0 Å². The molecule has 168 valence electrons. The molecule has 0 spiro atoms. The first-order valence-corrected chi connectivity index (χ1v) is 14.3. The molecule has 0 aromatic carbocycles. The minimum absolute atomic E-state index is 0.546. The van der Waals surface area contributed by atoms with E-state index >= 15 is 0 Å². The number of fused-ring (bicyclic) bond motifs is 2. The Morgan fingerprint density at radius 2 is 1.00 bits per heavy atom. The first-order chi connectivity index (χ1) is 13.9. The van der Waals surface area contributed by atoms with Crippen molar-refractivity contribution in [3.05, 3.63) is 0 Å². The van der Waals surface area contributed by atoms with Crippen molar-refractivity contribution >= 4 is 8.88 Å². The summed E-state index contributed by atoms with van der Waals surface area (Å²) < 4.78 is 19.0. The van der Waals surface area contributed by atoms with Crippen LogP contribution in [0.1, 0.15) is 91.9 Å². The Bertz CT molecular complexity index is 513. The van der Waals surface area contributed by atoms with Gasteiger partial charge >= 0.3 is 8.88 Å². The van der Waals surface area contributed by atoms with Gasteiger partial charge < -0.3 is 8.85 Å². The molecule has 0 aromatic heterocycles. The van der Waals surface area contributed by atoms with Gasteiger partial charge in [0.2, 0.25) is 0 Å². The van der Waals surface area contributed by atoms with E-state index in [-0.39, 0.29) is 0 Å². The van der Waals surface area contributed by atoms with Crippen molar-refractivity contribution in [3.8, 4) is 0 Å². The zero-order chi connectivity index (χ0) is 20.8. The van der Waals surface area contributed by atoms with Gasteiger partial charge in [0.15, 0.2) is 0 Å². The molecule has 8 atom stereocenters. The average molecular weight is 423 g/mol. The van der Waals surface area contributed by atoms with Crippen molar-refractivity contribution in [1.82, 2.24) is 9.13 Å². The van der Waals surface area contributed by atoms with Crippen molar-refractivity contribution in [3.63, 3.8) is 0 Å². The molecule has 29 heavy (non-hydrogen) atoms. The molecular formula is C24H46N2O2Si. The molecule has 2 saturated heterocycles. The molecule has 2 aliphatic heterocycles. The summed E-state index contributed by atoms with van der Waals surface area (Å²) in [6.07, 6.45) is 13.6. The molecule has 0 amide bonds. The van der Waals surface area contributed by atoms with E-state index in [2.05, 4.69) is 36.8 Å². The molecular weight excluding hydrogens is 376 g/mol. The fourth-order valence-corrected chi connectivity index (χ4v) is 12.3. The first kappa shape index (κ1) is 22.3. The Hall–Kier alpha value is 0.0569. The minimum atomic E-state index is -2.68. The van der Waals surface area contributed by atoms with E-state index in [9.17, 15) is 0 Å². The minimum Gasteiger partial charge on any atom is -0.374 e. The lowest BCUT2D eigenvalue weighted by atomic mass is 9.72. The van der Waals surface area contributed by atoms with Crippen LogP contribution >= 0.6 is 0 Å². The van der Waals surface area contributed by atoms with Crippen molar-refractivity contribution in [2.45, 2.75) is 116 Å². The fourth-order valence-electron chi connectivity index (χ4n) is 8.22. The van der Waals surface area contributed by atoms with Gasteiger partial charge in [0.05, 0.1) is 0 Å². The van der Waals surface area contributed by atoms with Gasteiger partial charge in [-0.15, -0.1) is 0 Å². The molecule has 4 nitrogen and oxygen atoms in total. The third-order valence-electron chi connectivity index (χ3n) is 9.30. The standard InChI is InChI=1S/C24H46N2O2Si/c1-17-15-19(3)25(23-13-9-7-11-21(17)23)29(27-5,28-6)26-20(4)16-18(2)22-12-8-10-14-24(22)26/h17-24H,7-16H2,1-6H3. The summed E-state index contributed by atoms with van der Waals surface area (Å²) in [5.74, 6) is 3.29. The molecule has 0 N–H and O–H groups in total. The molecule has 4 aliphatic rings. The highest BCUT2D eigenvalue weighted by Gasteiger charge is 2.62. The van der Waals surface area contributed by atoms with Gasteiger partial charge in [0.25, 0.3) is 0 Å². The zero-order valence-corrected chi connectivity index (χ0v) is 20.9. The summed E-state index contributed by atoms with van der Waals surface area (Å²) in [4.78, 5) is 0. The van der Waals surface area contributed by atoms with Gasteiger partial charge in [-0.25, -0.2) is 0 Å². The monoisotopic (exact) mass is 422 g/mol. The van der Waals surface area contributed by atoms with Crippen LogP contribution in [0.3, 0.4) is 0 Å². The molecule has 0 aromatic rings.